The Morgan fingerprint density at radius 3 is 3.08 bits per heavy atom. The number of nitrogens with zero attached hydrogens (tertiary/aromatic N) is 2. The standard InChI is InChI=1S/C9H5ClN2S/c1-5-4-13-8-7(5)6(2-11)3-12-9(8)10/h3-4H,1H3. The van der Waals surface area contributed by atoms with E-state index in [0.717, 1.165) is 15.6 Å². The van der Waals surface area contributed by atoms with Gasteiger partial charge in [0, 0.05) is 11.6 Å². The molecule has 0 aliphatic rings. The van der Waals surface area contributed by atoms with E-state index in [1.807, 2.05) is 12.3 Å². The Bertz CT molecular complexity index is 510. The van der Waals surface area contributed by atoms with E-state index >= 15 is 0 Å². The van der Waals surface area contributed by atoms with Crippen molar-refractivity contribution < 1.29 is 0 Å². The van der Waals surface area contributed by atoms with Gasteiger partial charge in [0.2, 0.25) is 0 Å². The molecule has 2 heterocycles. The Morgan fingerprint density at radius 1 is 1.62 bits per heavy atom. The maximum absolute atomic E-state index is 8.84. The summed E-state index contributed by atoms with van der Waals surface area (Å²) >= 11 is 7.41. The Kier molecular flexibility index (Phi) is 1.95. The molecule has 0 saturated heterocycles. The summed E-state index contributed by atoms with van der Waals surface area (Å²) in [6.07, 6.45) is 1.52. The quantitative estimate of drug-likeness (QED) is 0.624. The van der Waals surface area contributed by atoms with Crippen LogP contribution in [0.5, 0.6) is 0 Å². The first-order valence-corrected chi connectivity index (χ1v) is 4.92. The first kappa shape index (κ1) is 8.49. The summed E-state index contributed by atoms with van der Waals surface area (Å²) in [6.45, 7) is 1.97. The maximum Gasteiger partial charge on any atom is 0.146 e. The van der Waals surface area contributed by atoms with Gasteiger partial charge in [-0.05, 0) is 17.9 Å². The van der Waals surface area contributed by atoms with Crippen molar-refractivity contribution in [3.05, 3.63) is 27.9 Å². The third-order valence-electron chi connectivity index (χ3n) is 1.86. The van der Waals surface area contributed by atoms with E-state index < -0.39 is 0 Å². The van der Waals surface area contributed by atoms with Crippen molar-refractivity contribution in [1.29, 1.82) is 5.26 Å². The van der Waals surface area contributed by atoms with Crippen LogP contribution in [0, 0.1) is 18.3 Å². The smallest absolute Gasteiger partial charge is 0.146 e. The summed E-state index contributed by atoms with van der Waals surface area (Å²) in [5.41, 5.74) is 1.68. The van der Waals surface area contributed by atoms with E-state index in [9.17, 15) is 0 Å². The molecule has 0 fully saturated rings. The predicted octanol–water partition coefficient (Wildman–Crippen LogP) is 3.13. The van der Waals surface area contributed by atoms with E-state index in [2.05, 4.69) is 11.1 Å². The van der Waals surface area contributed by atoms with Crippen LogP contribution in [-0.4, -0.2) is 4.98 Å². The highest BCUT2D eigenvalue weighted by molar-refractivity contribution is 7.18. The van der Waals surface area contributed by atoms with Crippen molar-refractivity contribution in [2.24, 2.45) is 0 Å². The molecule has 0 bridgehead atoms. The molecule has 0 N–H and O–H groups in total. The molecule has 0 atom stereocenters. The zero-order valence-electron chi connectivity index (χ0n) is 6.84. The van der Waals surface area contributed by atoms with Gasteiger partial charge in [-0.15, -0.1) is 11.3 Å². The second-order valence-electron chi connectivity index (χ2n) is 2.70. The minimum atomic E-state index is 0.479. The molecule has 0 aliphatic heterocycles. The van der Waals surface area contributed by atoms with Crippen LogP contribution in [0.1, 0.15) is 11.1 Å². The van der Waals surface area contributed by atoms with Crippen LogP contribution in [0.2, 0.25) is 5.15 Å². The van der Waals surface area contributed by atoms with Gasteiger partial charge in [0.25, 0.3) is 0 Å². The van der Waals surface area contributed by atoms with Crippen LogP contribution in [0.15, 0.2) is 11.6 Å². The molecule has 0 unspecified atom stereocenters. The van der Waals surface area contributed by atoms with Crippen LogP contribution in [-0.2, 0) is 0 Å². The zero-order chi connectivity index (χ0) is 9.42. The van der Waals surface area contributed by atoms with Gasteiger partial charge in [-0.25, -0.2) is 4.98 Å². The molecular weight excluding hydrogens is 204 g/mol. The molecule has 13 heavy (non-hydrogen) atoms. The van der Waals surface area contributed by atoms with E-state index in [1.165, 1.54) is 17.5 Å². The lowest BCUT2D eigenvalue weighted by Gasteiger charge is -1.95. The summed E-state index contributed by atoms with van der Waals surface area (Å²) in [5, 5.41) is 12.2. The number of aromatic nitrogens is 1. The molecule has 0 spiro atoms. The molecule has 4 heteroatoms. The second-order valence-corrected chi connectivity index (χ2v) is 3.93. The summed E-state index contributed by atoms with van der Waals surface area (Å²) < 4.78 is 0.901. The minimum absolute atomic E-state index is 0.479. The molecule has 2 aromatic heterocycles. The van der Waals surface area contributed by atoms with E-state index in [1.54, 1.807) is 0 Å². The number of hydrogen-bond acceptors (Lipinski definition) is 3. The second kappa shape index (κ2) is 2.99. The highest BCUT2D eigenvalue weighted by Crippen LogP contribution is 2.32. The average Bonchev–Trinajstić information content (AvgIpc) is 2.51. The monoisotopic (exact) mass is 208 g/mol. The summed E-state index contributed by atoms with van der Waals surface area (Å²) in [6, 6.07) is 2.11. The van der Waals surface area contributed by atoms with E-state index in [0.29, 0.717) is 10.7 Å². The average molecular weight is 209 g/mol. The van der Waals surface area contributed by atoms with Crippen LogP contribution in [0.3, 0.4) is 0 Å². The van der Waals surface area contributed by atoms with Crippen molar-refractivity contribution >= 4 is 33.0 Å². The van der Waals surface area contributed by atoms with Gasteiger partial charge < -0.3 is 0 Å². The fourth-order valence-electron chi connectivity index (χ4n) is 1.26. The lowest BCUT2D eigenvalue weighted by atomic mass is 10.1. The van der Waals surface area contributed by atoms with Gasteiger partial charge in [-0.3, -0.25) is 0 Å². The summed E-state index contributed by atoms with van der Waals surface area (Å²) in [5.74, 6) is 0. The Morgan fingerprint density at radius 2 is 2.38 bits per heavy atom. The lowest BCUT2D eigenvalue weighted by Crippen LogP contribution is -1.82. The van der Waals surface area contributed by atoms with Gasteiger partial charge in [-0.1, -0.05) is 11.6 Å². The van der Waals surface area contributed by atoms with Crippen molar-refractivity contribution in [1.82, 2.24) is 4.98 Å². The van der Waals surface area contributed by atoms with Crippen LogP contribution < -0.4 is 0 Å². The molecule has 2 nitrogen and oxygen atoms in total. The SMILES string of the molecule is Cc1csc2c(Cl)ncc(C#N)c12. The van der Waals surface area contributed by atoms with Gasteiger partial charge in [0.15, 0.2) is 0 Å². The lowest BCUT2D eigenvalue weighted by molar-refractivity contribution is 1.34. The van der Waals surface area contributed by atoms with Crippen LogP contribution in [0.25, 0.3) is 10.1 Å². The van der Waals surface area contributed by atoms with Crippen LogP contribution in [0.4, 0.5) is 0 Å². The topological polar surface area (TPSA) is 36.7 Å². The van der Waals surface area contributed by atoms with Crippen molar-refractivity contribution in [2.45, 2.75) is 6.92 Å². The predicted molar refractivity (Wildman–Crippen MR) is 54.1 cm³/mol. The third kappa shape index (κ3) is 1.19. The molecule has 0 saturated carbocycles. The van der Waals surface area contributed by atoms with Crippen molar-refractivity contribution in [3.8, 4) is 6.07 Å². The number of hydrogen-bond donors (Lipinski definition) is 0. The molecular formula is C9H5ClN2S. The summed E-state index contributed by atoms with van der Waals surface area (Å²) in [7, 11) is 0. The zero-order valence-corrected chi connectivity index (χ0v) is 8.41. The minimum Gasteiger partial charge on any atom is -0.242 e. The molecule has 0 aliphatic carbocycles. The van der Waals surface area contributed by atoms with Crippen molar-refractivity contribution in [3.63, 3.8) is 0 Å². The fourth-order valence-corrected chi connectivity index (χ4v) is 2.49. The largest absolute Gasteiger partial charge is 0.242 e. The first-order valence-electron chi connectivity index (χ1n) is 3.66. The van der Waals surface area contributed by atoms with Gasteiger partial charge in [0.05, 0.1) is 10.3 Å². The van der Waals surface area contributed by atoms with Gasteiger partial charge >= 0.3 is 0 Å². The molecule has 64 valence electrons. The molecule has 2 rings (SSSR count). The number of halogens is 1. The Balaban J connectivity index is 2.99. The van der Waals surface area contributed by atoms with Crippen molar-refractivity contribution in [2.75, 3.05) is 0 Å². The first-order chi connectivity index (χ1) is 6.24. The number of rotatable bonds is 0. The van der Waals surface area contributed by atoms with Gasteiger partial charge in [0.1, 0.15) is 11.2 Å². The highest BCUT2D eigenvalue weighted by atomic mass is 35.5. The van der Waals surface area contributed by atoms with Gasteiger partial charge in [-0.2, -0.15) is 5.26 Å². The number of nitriles is 1. The highest BCUT2D eigenvalue weighted by Gasteiger charge is 2.09. The van der Waals surface area contributed by atoms with Crippen LogP contribution >= 0.6 is 22.9 Å². The Labute approximate surface area is 84.4 Å². The van der Waals surface area contributed by atoms with E-state index in [-0.39, 0.29) is 0 Å². The Hall–Kier alpha value is -1.11. The number of pyridine rings is 1. The molecule has 2 aromatic rings. The molecule has 0 aromatic carbocycles. The number of thiophene rings is 1. The number of aryl methyl sites for hydroxylation is 1. The summed E-state index contributed by atoms with van der Waals surface area (Å²) in [4.78, 5) is 3.94. The fraction of sp³-hybridized carbons (Fsp3) is 0.111. The third-order valence-corrected chi connectivity index (χ3v) is 3.36. The normalized spacial score (nSPS) is 10.2. The van der Waals surface area contributed by atoms with E-state index in [4.69, 9.17) is 16.9 Å². The number of fused-ring (bicyclic) bond motifs is 1. The molecule has 0 radical (unpaired) electrons. The maximum atomic E-state index is 8.84. The molecule has 0 amide bonds.